The molecule has 0 atom stereocenters. The molecule has 0 fully saturated rings. The van der Waals surface area contributed by atoms with Gasteiger partial charge in [0.05, 0.1) is 33.1 Å². The molecule has 0 saturated carbocycles. The predicted molar refractivity (Wildman–Crippen MR) is 260 cm³/mol. The standard InChI is InChI=1S/C58H36N4/c1-2-14-37(15-3-1)44-19-8-9-20-45(44)39-26-28-40(29-27-39)57-58(60-51-24-12-11-23-50(51)59-57)62-53-33-31-43(36-49(53)56-46-21-7-6-16-38(46)30-32-54(56)62)61-52-25-13-10-22-47(52)48-34-41-17-4-5-18-42(41)35-55(48)61/h1-36H. The predicted octanol–water partition coefficient (Wildman–Crippen LogP) is 15.1. The molecule has 0 amide bonds. The zero-order valence-corrected chi connectivity index (χ0v) is 33.6. The Morgan fingerprint density at radius 3 is 1.68 bits per heavy atom. The van der Waals surface area contributed by atoms with Gasteiger partial charge in [0.1, 0.15) is 5.69 Å². The third-order valence-corrected chi connectivity index (χ3v) is 12.7. The van der Waals surface area contributed by atoms with Crippen LogP contribution in [0.15, 0.2) is 218 Å². The maximum Gasteiger partial charge on any atom is 0.165 e. The van der Waals surface area contributed by atoms with Gasteiger partial charge in [-0.3, -0.25) is 4.57 Å². The lowest BCUT2D eigenvalue weighted by Gasteiger charge is -2.15. The minimum absolute atomic E-state index is 0.799. The second-order valence-corrected chi connectivity index (χ2v) is 16.2. The van der Waals surface area contributed by atoms with Crippen molar-refractivity contribution >= 4 is 76.2 Å². The van der Waals surface area contributed by atoms with Crippen molar-refractivity contribution in [2.45, 2.75) is 0 Å². The van der Waals surface area contributed by atoms with Crippen molar-refractivity contribution in [2.75, 3.05) is 0 Å². The fourth-order valence-electron chi connectivity index (χ4n) is 9.83. The van der Waals surface area contributed by atoms with Crippen molar-refractivity contribution < 1.29 is 0 Å². The highest BCUT2D eigenvalue weighted by Crippen LogP contribution is 2.42. The monoisotopic (exact) mass is 788 g/mol. The summed E-state index contributed by atoms with van der Waals surface area (Å²) in [6, 6.07) is 78.5. The molecule has 0 unspecified atom stereocenters. The first-order chi connectivity index (χ1) is 30.7. The number of para-hydroxylation sites is 3. The van der Waals surface area contributed by atoms with Gasteiger partial charge in [-0.25, -0.2) is 9.97 Å². The number of hydrogen-bond donors (Lipinski definition) is 0. The molecule has 10 aromatic carbocycles. The minimum atomic E-state index is 0.799. The lowest BCUT2D eigenvalue weighted by Crippen LogP contribution is -2.04. The number of hydrogen-bond acceptors (Lipinski definition) is 2. The van der Waals surface area contributed by atoms with Crippen LogP contribution in [0.5, 0.6) is 0 Å². The van der Waals surface area contributed by atoms with Gasteiger partial charge in [-0.15, -0.1) is 0 Å². The Kier molecular flexibility index (Phi) is 7.57. The molecular weight excluding hydrogens is 753 g/mol. The van der Waals surface area contributed by atoms with E-state index in [2.05, 4.69) is 215 Å². The van der Waals surface area contributed by atoms with Crippen LogP contribution >= 0.6 is 0 Å². The second kappa shape index (κ2) is 13.6. The van der Waals surface area contributed by atoms with Crippen LogP contribution in [0.4, 0.5) is 0 Å². The molecular formula is C58H36N4. The van der Waals surface area contributed by atoms with Crippen LogP contribution in [0, 0.1) is 0 Å². The van der Waals surface area contributed by atoms with Gasteiger partial charge >= 0.3 is 0 Å². The Balaban J connectivity index is 1.06. The van der Waals surface area contributed by atoms with E-state index in [1.54, 1.807) is 0 Å². The summed E-state index contributed by atoms with van der Waals surface area (Å²) in [5.41, 5.74) is 13.9. The SMILES string of the molecule is c1ccc(-c2ccccc2-c2ccc(-c3nc4ccccc4nc3-n3c4ccc(-n5c6ccccc6c6cc7ccccc7cc65)cc4c4c5ccccc5ccc43)cc2)cc1. The molecule has 13 aromatic rings. The Hall–Kier alpha value is -8.34. The average Bonchev–Trinajstić information content (AvgIpc) is 3.85. The zero-order valence-electron chi connectivity index (χ0n) is 33.6. The third-order valence-electron chi connectivity index (χ3n) is 12.7. The number of aromatic nitrogens is 4. The van der Waals surface area contributed by atoms with Gasteiger partial charge in [-0.1, -0.05) is 164 Å². The summed E-state index contributed by atoms with van der Waals surface area (Å²) in [7, 11) is 0. The van der Waals surface area contributed by atoms with Gasteiger partial charge in [0, 0.05) is 32.8 Å². The highest BCUT2D eigenvalue weighted by Gasteiger charge is 2.22. The molecule has 62 heavy (non-hydrogen) atoms. The lowest BCUT2D eigenvalue weighted by atomic mass is 9.94. The van der Waals surface area contributed by atoms with Gasteiger partial charge in [0.25, 0.3) is 0 Å². The lowest BCUT2D eigenvalue weighted by molar-refractivity contribution is 1.08. The molecule has 0 spiro atoms. The Bertz CT molecular complexity index is 3910. The van der Waals surface area contributed by atoms with Crippen molar-refractivity contribution in [1.82, 2.24) is 19.1 Å². The Morgan fingerprint density at radius 2 is 0.887 bits per heavy atom. The third kappa shape index (κ3) is 5.27. The summed E-state index contributed by atoms with van der Waals surface area (Å²) in [6.45, 7) is 0. The van der Waals surface area contributed by atoms with Crippen LogP contribution in [0.3, 0.4) is 0 Å². The van der Waals surface area contributed by atoms with Crippen LogP contribution in [0.2, 0.25) is 0 Å². The van der Waals surface area contributed by atoms with E-state index in [-0.39, 0.29) is 0 Å². The van der Waals surface area contributed by atoms with E-state index in [1.807, 2.05) is 12.1 Å². The topological polar surface area (TPSA) is 35.6 Å². The van der Waals surface area contributed by atoms with Crippen molar-refractivity contribution in [1.29, 1.82) is 0 Å². The molecule has 13 rings (SSSR count). The number of rotatable bonds is 5. The van der Waals surface area contributed by atoms with Crippen molar-refractivity contribution in [3.05, 3.63) is 218 Å². The van der Waals surface area contributed by atoms with Gasteiger partial charge < -0.3 is 4.57 Å². The van der Waals surface area contributed by atoms with E-state index in [4.69, 9.17) is 9.97 Å². The molecule has 0 aliphatic carbocycles. The summed E-state index contributed by atoms with van der Waals surface area (Å²) in [6.07, 6.45) is 0. The molecule has 0 radical (unpaired) electrons. The molecule has 3 aromatic heterocycles. The van der Waals surface area contributed by atoms with Crippen LogP contribution in [0.1, 0.15) is 0 Å². The normalized spacial score (nSPS) is 11.9. The van der Waals surface area contributed by atoms with E-state index >= 15 is 0 Å². The zero-order chi connectivity index (χ0) is 40.7. The van der Waals surface area contributed by atoms with Crippen LogP contribution in [-0.4, -0.2) is 19.1 Å². The first-order valence-electron chi connectivity index (χ1n) is 21.2. The summed E-state index contributed by atoms with van der Waals surface area (Å²) >= 11 is 0. The summed E-state index contributed by atoms with van der Waals surface area (Å²) < 4.78 is 4.78. The molecule has 4 nitrogen and oxygen atoms in total. The molecule has 0 bridgehead atoms. The Labute approximate surface area is 357 Å². The average molecular weight is 789 g/mol. The smallest absolute Gasteiger partial charge is 0.165 e. The maximum atomic E-state index is 5.49. The largest absolute Gasteiger partial charge is 0.309 e. The minimum Gasteiger partial charge on any atom is -0.309 e. The van der Waals surface area contributed by atoms with E-state index in [1.165, 1.54) is 65.4 Å². The van der Waals surface area contributed by atoms with Gasteiger partial charge in [0.2, 0.25) is 0 Å². The molecule has 0 saturated heterocycles. The van der Waals surface area contributed by atoms with E-state index in [0.29, 0.717) is 0 Å². The molecule has 0 aliphatic rings. The second-order valence-electron chi connectivity index (χ2n) is 16.2. The highest BCUT2D eigenvalue weighted by molar-refractivity contribution is 6.22. The van der Waals surface area contributed by atoms with E-state index < -0.39 is 0 Å². The molecule has 0 aliphatic heterocycles. The summed E-state index contributed by atoms with van der Waals surface area (Å²) in [5.74, 6) is 0.799. The van der Waals surface area contributed by atoms with Crippen molar-refractivity contribution in [2.24, 2.45) is 0 Å². The number of benzene rings is 10. The van der Waals surface area contributed by atoms with Crippen molar-refractivity contribution in [3.63, 3.8) is 0 Å². The van der Waals surface area contributed by atoms with Crippen LogP contribution in [-0.2, 0) is 0 Å². The highest BCUT2D eigenvalue weighted by atomic mass is 15.1. The van der Waals surface area contributed by atoms with E-state index in [9.17, 15) is 0 Å². The fourth-order valence-corrected chi connectivity index (χ4v) is 9.83. The summed E-state index contributed by atoms with van der Waals surface area (Å²) in [4.78, 5) is 10.9. The quantitative estimate of drug-likeness (QED) is 0.174. The van der Waals surface area contributed by atoms with Crippen LogP contribution in [0.25, 0.3) is 121 Å². The molecule has 4 heteroatoms. The number of nitrogens with zero attached hydrogens (tertiary/aromatic N) is 4. The maximum absolute atomic E-state index is 5.49. The fraction of sp³-hybridized carbons (Fsp3) is 0. The Morgan fingerprint density at radius 1 is 0.306 bits per heavy atom. The molecule has 288 valence electrons. The van der Waals surface area contributed by atoms with Gasteiger partial charge in [-0.05, 0) is 98.4 Å². The van der Waals surface area contributed by atoms with Gasteiger partial charge in [-0.2, -0.15) is 0 Å². The first-order valence-corrected chi connectivity index (χ1v) is 21.2. The van der Waals surface area contributed by atoms with Crippen LogP contribution < -0.4 is 0 Å². The van der Waals surface area contributed by atoms with E-state index in [0.717, 1.165) is 55.8 Å². The first kappa shape index (κ1) is 34.5. The molecule has 0 N–H and O–H groups in total. The van der Waals surface area contributed by atoms with Gasteiger partial charge in [0.15, 0.2) is 5.82 Å². The number of fused-ring (bicyclic) bond motifs is 10. The summed E-state index contributed by atoms with van der Waals surface area (Å²) in [5, 5.41) is 9.72. The van der Waals surface area contributed by atoms with Crippen molar-refractivity contribution in [3.8, 4) is 45.0 Å². The molecule has 3 heterocycles.